The van der Waals surface area contributed by atoms with Gasteiger partial charge >= 0.3 is 0 Å². The van der Waals surface area contributed by atoms with Gasteiger partial charge in [0.05, 0.1) is 20.0 Å². The minimum atomic E-state index is -0.485. The molecule has 0 radical (unpaired) electrons. The van der Waals surface area contributed by atoms with E-state index >= 15 is 0 Å². The Morgan fingerprint density at radius 3 is 2.24 bits per heavy atom. The normalized spacial score (nSPS) is 11.0. The van der Waals surface area contributed by atoms with Crippen molar-refractivity contribution in [1.82, 2.24) is 5.32 Å². The smallest absolute Gasteiger partial charge is 0.272 e. The van der Waals surface area contributed by atoms with Crippen LogP contribution in [0, 0.1) is 0 Å². The highest BCUT2D eigenvalue weighted by Gasteiger charge is 2.16. The van der Waals surface area contributed by atoms with Gasteiger partial charge in [0.15, 0.2) is 17.3 Å². The molecule has 0 saturated heterocycles. The Bertz CT molecular complexity index is 1570. The summed E-state index contributed by atoms with van der Waals surface area (Å²) in [5.41, 5.74) is 2.29. The highest BCUT2D eigenvalue weighted by atomic mass is 79.9. The van der Waals surface area contributed by atoms with E-state index in [1.54, 1.807) is 66.7 Å². The van der Waals surface area contributed by atoms with Crippen LogP contribution >= 0.6 is 27.7 Å². The quantitative estimate of drug-likeness (QED) is 0.107. The molecule has 0 bridgehead atoms. The number of carbonyl (C=O) groups excluding carboxylic acids is 3. The van der Waals surface area contributed by atoms with Crippen LogP contribution in [0.25, 0.3) is 6.08 Å². The molecule has 0 spiro atoms. The van der Waals surface area contributed by atoms with Gasteiger partial charge in [-0.3, -0.25) is 14.4 Å². The molecule has 4 rings (SSSR count). The molecule has 0 heterocycles. The Morgan fingerprint density at radius 1 is 0.805 bits per heavy atom. The van der Waals surface area contributed by atoms with Gasteiger partial charge in [-0.1, -0.05) is 52.3 Å². The molecule has 4 aromatic carbocycles. The molecule has 9 heteroatoms. The molecule has 0 fully saturated rings. The molecule has 0 aromatic heterocycles. The van der Waals surface area contributed by atoms with E-state index in [9.17, 15) is 14.4 Å². The van der Waals surface area contributed by atoms with Gasteiger partial charge in [0.2, 0.25) is 0 Å². The summed E-state index contributed by atoms with van der Waals surface area (Å²) in [6.45, 7) is 0. The molecule has 41 heavy (non-hydrogen) atoms. The van der Waals surface area contributed by atoms with E-state index in [0.717, 1.165) is 14.9 Å². The molecule has 0 aliphatic heterocycles. The number of ketones is 1. The predicted octanol–water partition coefficient (Wildman–Crippen LogP) is 6.85. The number of thioether (sulfide) groups is 1. The van der Waals surface area contributed by atoms with Crippen molar-refractivity contribution in [2.45, 2.75) is 4.90 Å². The van der Waals surface area contributed by atoms with Crippen LogP contribution in [0.15, 0.2) is 112 Å². The lowest BCUT2D eigenvalue weighted by Crippen LogP contribution is -2.30. The molecular weight excluding hydrogens is 604 g/mol. The van der Waals surface area contributed by atoms with Crippen LogP contribution < -0.4 is 20.1 Å². The lowest BCUT2D eigenvalue weighted by Gasteiger charge is -2.12. The second-order valence-electron chi connectivity index (χ2n) is 8.69. The number of anilines is 1. The summed E-state index contributed by atoms with van der Waals surface area (Å²) in [6.07, 6.45) is 1.61. The van der Waals surface area contributed by atoms with E-state index < -0.39 is 11.8 Å². The number of hydrogen-bond donors (Lipinski definition) is 2. The summed E-state index contributed by atoms with van der Waals surface area (Å²) in [4.78, 5) is 39.8. The number of Topliss-reactive ketones (excluding diaryl/α,β-unsaturated/α-hetero) is 1. The van der Waals surface area contributed by atoms with E-state index in [2.05, 4.69) is 26.6 Å². The van der Waals surface area contributed by atoms with Gasteiger partial charge in [-0.2, -0.15) is 0 Å². The minimum absolute atomic E-state index is 0.0752. The van der Waals surface area contributed by atoms with Crippen molar-refractivity contribution in [3.05, 3.63) is 124 Å². The summed E-state index contributed by atoms with van der Waals surface area (Å²) < 4.78 is 11.4. The summed E-state index contributed by atoms with van der Waals surface area (Å²) in [7, 11) is 3.06. The number of ether oxygens (including phenoxy) is 2. The fourth-order valence-corrected chi connectivity index (χ4v) is 4.89. The van der Waals surface area contributed by atoms with Crippen LogP contribution in [0.5, 0.6) is 11.5 Å². The number of benzene rings is 4. The monoisotopic (exact) mass is 630 g/mol. The zero-order valence-corrected chi connectivity index (χ0v) is 24.8. The zero-order chi connectivity index (χ0) is 29.2. The molecule has 7 nitrogen and oxygen atoms in total. The Hall–Kier alpha value is -4.34. The third-order valence-corrected chi connectivity index (χ3v) is 7.40. The predicted molar refractivity (Wildman–Crippen MR) is 166 cm³/mol. The van der Waals surface area contributed by atoms with Gasteiger partial charge in [0.25, 0.3) is 11.8 Å². The molecule has 0 saturated carbocycles. The van der Waals surface area contributed by atoms with Gasteiger partial charge < -0.3 is 20.1 Å². The zero-order valence-electron chi connectivity index (χ0n) is 22.3. The number of halogens is 1. The van der Waals surface area contributed by atoms with Crippen molar-refractivity contribution < 1.29 is 23.9 Å². The fraction of sp³-hybridized carbons (Fsp3) is 0.0938. The van der Waals surface area contributed by atoms with Crippen LogP contribution in [0.2, 0.25) is 0 Å². The Balaban J connectivity index is 1.47. The van der Waals surface area contributed by atoms with E-state index in [0.29, 0.717) is 28.3 Å². The topological polar surface area (TPSA) is 93.7 Å². The molecule has 0 unspecified atom stereocenters. The number of rotatable bonds is 11. The Labute approximate surface area is 251 Å². The van der Waals surface area contributed by atoms with Gasteiger partial charge in [0.1, 0.15) is 5.70 Å². The highest BCUT2D eigenvalue weighted by molar-refractivity contribution is 9.10. The van der Waals surface area contributed by atoms with E-state index in [-0.39, 0.29) is 17.2 Å². The van der Waals surface area contributed by atoms with Crippen molar-refractivity contribution in [3.63, 3.8) is 0 Å². The lowest BCUT2D eigenvalue weighted by atomic mass is 10.1. The molecule has 208 valence electrons. The van der Waals surface area contributed by atoms with Gasteiger partial charge in [0, 0.05) is 26.2 Å². The van der Waals surface area contributed by atoms with Crippen LogP contribution in [0.4, 0.5) is 5.69 Å². The first kappa shape index (κ1) is 29.6. The van der Waals surface area contributed by atoms with Gasteiger partial charge in [-0.05, 0) is 72.3 Å². The molecule has 2 N–H and O–H groups in total. The number of carbonyl (C=O) groups is 3. The first-order valence-corrected chi connectivity index (χ1v) is 14.3. The fourth-order valence-electron chi connectivity index (χ4n) is 3.77. The van der Waals surface area contributed by atoms with E-state index in [1.165, 1.54) is 26.0 Å². The van der Waals surface area contributed by atoms with Crippen molar-refractivity contribution in [2.75, 3.05) is 25.3 Å². The van der Waals surface area contributed by atoms with Crippen LogP contribution in [-0.4, -0.2) is 37.6 Å². The van der Waals surface area contributed by atoms with Crippen LogP contribution in [-0.2, 0) is 4.79 Å². The number of hydrogen-bond acceptors (Lipinski definition) is 6. The standard InChI is InChI=1S/C32H27BrN2O5S/c1-39-29-16-13-23(18-30(29)40-2)28(36)20-41-26-10-6-9-25(19-26)34-32(38)27(17-21-11-14-24(33)15-12-21)35-31(37)22-7-4-3-5-8-22/h3-19H,20H2,1-2H3,(H,34,38)(H,35,37)/b27-17-. The molecule has 0 aliphatic carbocycles. The molecule has 2 amide bonds. The first-order chi connectivity index (χ1) is 19.9. The maximum Gasteiger partial charge on any atom is 0.272 e. The van der Waals surface area contributed by atoms with E-state index in [1.807, 2.05) is 36.4 Å². The average molecular weight is 632 g/mol. The molecular formula is C32H27BrN2O5S. The van der Waals surface area contributed by atoms with Crippen molar-refractivity contribution >= 4 is 57.1 Å². The second-order valence-corrected chi connectivity index (χ2v) is 10.7. The maximum atomic E-state index is 13.3. The summed E-state index contributed by atoms with van der Waals surface area (Å²) >= 11 is 4.75. The van der Waals surface area contributed by atoms with Crippen molar-refractivity contribution in [3.8, 4) is 11.5 Å². The third kappa shape index (κ3) is 8.33. The summed E-state index contributed by atoms with van der Waals surface area (Å²) in [6, 6.07) is 28.3. The molecule has 4 aromatic rings. The molecule has 0 aliphatic rings. The van der Waals surface area contributed by atoms with Crippen molar-refractivity contribution in [2.24, 2.45) is 0 Å². The largest absolute Gasteiger partial charge is 0.493 e. The lowest BCUT2D eigenvalue weighted by molar-refractivity contribution is -0.113. The Morgan fingerprint density at radius 2 is 1.54 bits per heavy atom. The maximum absolute atomic E-state index is 13.3. The van der Waals surface area contributed by atoms with Crippen molar-refractivity contribution in [1.29, 1.82) is 0 Å². The Kier molecular flexibility index (Phi) is 10.4. The molecule has 0 atom stereocenters. The number of amides is 2. The average Bonchev–Trinajstić information content (AvgIpc) is 3.00. The van der Waals surface area contributed by atoms with Crippen LogP contribution in [0.3, 0.4) is 0 Å². The van der Waals surface area contributed by atoms with E-state index in [4.69, 9.17) is 9.47 Å². The second kappa shape index (κ2) is 14.3. The number of methoxy groups -OCH3 is 2. The van der Waals surface area contributed by atoms with Crippen LogP contribution in [0.1, 0.15) is 26.3 Å². The SMILES string of the molecule is COc1ccc(C(=O)CSc2cccc(NC(=O)/C(=C/c3ccc(Br)cc3)NC(=O)c3ccccc3)c2)cc1OC. The summed E-state index contributed by atoms with van der Waals surface area (Å²) in [5, 5.41) is 5.59. The summed E-state index contributed by atoms with van der Waals surface area (Å²) in [5.74, 6) is 0.263. The van der Waals surface area contributed by atoms with Gasteiger partial charge in [-0.15, -0.1) is 11.8 Å². The highest BCUT2D eigenvalue weighted by Crippen LogP contribution is 2.29. The minimum Gasteiger partial charge on any atom is -0.493 e. The van der Waals surface area contributed by atoms with Gasteiger partial charge in [-0.25, -0.2) is 0 Å². The number of nitrogens with one attached hydrogen (secondary N) is 2. The first-order valence-electron chi connectivity index (χ1n) is 12.5. The third-order valence-electron chi connectivity index (χ3n) is 5.88.